The molecule has 0 fully saturated rings. The lowest BCUT2D eigenvalue weighted by atomic mass is 10.1. The third kappa shape index (κ3) is 2.51. The normalized spacial score (nSPS) is 11.0. The highest BCUT2D eigenvalue weighted by atomic mass is 35.5. The molecule has 90 valence electrons. The molecule has 17 heavy (non-hydrogen) atoms. The molecule has 0 saturated carbocycles. The molecule has 0 radical (unpaired) electrons. The monoisotopic (exact) mass is 250 g/mol. The Morgan fingerprint density at radius 2 is 2.12 bits per heavy atom. The first-order valence-corrected chi connectivity index (χ1v) is 6.01. The fourth-order valence-corrected chi connectivity index (χ4v) is 2.03. The number of nitrogens with two attached hydrogens (primary N) is 1. The number of pyridine rings is 1. The van der Waals surface area contributed by atoms with Gasteiger partial charge in [0.2, 0.25) is 0 Å². The van der Waals surface area contributed by atoms with Crippen molar-refractivity contribution in [3.05, 3.63) is 44.7 Å². The van der Waals surface area contributed by atoms with E-state index in [1.165, 1.54) is 0 Å². The first kappa shape index (κ1) is 12.1. The molecular weight excluding hydrogens is 236 g/mol. The van der Waals surface area contributed by atoms with Crippen LogP contribution in [0.3, 0.4) is 0 Å². The summed E-state index contributed by atoms with van der Waals surface area (Å²) in [7, 11) is 0. The van der Waals surface area contributed by atoms with Crippen LogP contribution in [-0.4, -0.2) is 11.5 Å². The molecule has 0 aliphatic heterocycles. The van der Waals surface area contributed by atoms with Crippen molar-refractivity contribution in [2.45, 2.75) is 19.8 Å². The van der Waals surface area contributed by atoms with E-state index in [9.17, 15) is 4.79 Å². The van der Waals surface area contributed by atoms with Gasteiger partial charge in [-0.05, 0) is 55.5 Å². The first-order valence-electron chi connectivity index (χ1n) is 5.64. The standard InChI is InChI=1S/C13H15ClN2O/c1-8-5-12-10(7-11(8)14)6-9(3-2-4-15)13(17)16-12/h5-7H,2-4,15H2,1H3,(H,16,17). The van der Waals surface area contributed by atoms with Crippen molar-refractivity contribution in [2.75, 3.05) is 6.54 Å². The second-order valence-electron chi connectivity index (χ2n) is 4.20. The Labute approximate surface area is 105 Å². The summed E-state index contributed by atoms with van der Waals surface area (Å²) in [4.78, 5) is 14.7. The zero-order valence-corrected chi connectivity index (χ0v) is 10.5. The minimum atomic E-state index is -0.0346. The molecule has 0 saturated heterocycles. The zero-order valence-electron chi connectivity index (χ0n) is 9.72. The van der Waals surface area contributed by atoms with Crippen molar-refractivity contribution in [1.82, 2.24) is 4.98 Å². The third-order valence-electron chi connectivity index (χ3n) is 2.85. The molecule has 0 aliphatic carbocycles. The Kier molecular flexibility index (Phi) is 3.50. The van der Waals surface area contributed by atoms with Crippen molar-refractivity contribution >= 4 is 22.5 Å². The van der Waals surface area contributed by atoms with Gasteiger partial charge in [-0.3, -0.25) is 4.79 Å². The van der Waals surface area contributed by atoms with E-state index in [0.29, 0.717) is 18.0 Å². The number of aryl methyl sites for hydroxylation is 2. The highest BCUT2D eigenvalue weighted by Crippen LogP contribution is 2.21. The van der Waals surface area contributed by atoms with Gasteiger partial charge in [0.1, 0.15) is 0 Å². The number of hydrogen-bond donors (Lipinski definition) is 2. The van der Waals surface area contributed by atoms with Crippen LogP contribution in [-0.2, 0) is 6.42 Å². The molecule has 1 aromatic heterocycles. The Morgan fingerprint density at radius 3 is 2.82 bits per heavy atom. The summed E-state index contributed by atoms with van der Waals surface area (Å²) in [5, 5.41) is 1.68. The Bertz CT molecular complexity index is 604. The van der Waals surface area contributed by atoms with Gasteiger partial charge in [-0.2, -0.15) is 0 Å². The smallest absolute Gasteiger partial charge is 0.251 e. The Hall–Kier alpha value is -1.32. The van der Waals surface area contributed by atoms with E-state index < -0.39 is 0 Å². The van der Waals surface area contributed by atoms with Gasteiger partial charge in [-0.25, -0.2) is 0 Å². The molecular formula is C13H15ClN2O. The minimum Gasteiger partial charge on any atom is -0.330 e. The van der Waals surface area contributed by atoms with Crippen molar-refractivity contribution in [2.24, 2.45) is 5.73 Å². The van der Waals surface area contributed by atoms with E-state index in [1.807, 2.05) is 25.1 Å². The molecule has 2 rings (SSSR count). The molecule has 0 unspecified atom stereocenters. The number of aromatic nitrogens is 1. The summed E-state index contributed by atoms with van der Waals surface area (Å²) in [6.07, 6.45) is 1.52. The molecule has 3 N–H and O–H groups in total. The number of aromatic amines is 1. The third-order valence-corrected chi connectivity index (χ3v) is 3.26. The van der Waals surface area contributed by atoms with Crippen LogP contribution in [0.5, 0.6) is 0 Å². The number of nitrogens with one attached hydrogen (secondary N) is 1. The molecule has 1 heterocycles. The SMILES string of the molecule is Cc1cc2[nH]c(=O)c(CCCN)cc2cc1Cl. The maximum Gasteiger partial charge on any atom is 0.251 e. The topological polar surface area (TPSA) is 58.9 Å². The molecule has 4 heteroatoms. The number of halogens is 1. The summed E-state index contributed by atoms with van der Waals surface area (Å²) >= 11 is 6.07. The van der Waals surface area contributed by atoms with Crippen LogP contribution in [0, 0.1) is 6.92 Å². The van der Waals surface area contributed by atoms with E-state index in [4.69, 9.17) is 17.3 Å². The predicted octanol–water partition coefficient (Wildman–Crippen LogP) is 2.38. The number of hydrogen-bond acceptors (Lipinski definition) is 2. The van der Waals surface area contributed by atoms with E-state index in [2.05, 4.69) is 4.98 Å². The highest BCUT2D eigenvalue weighted by Gasteiger charge is 2.05. The highest BCUT2D eigenvalue weighted by molar-refractivity contribution is 6.32. The number of rotatable bonds is 3. The number of H-pyrrole nitrogens is 1. The van der Waals surface area contributed by atoms with Crippen LogP contribution in [0.25, 0.3) is 10.9 Å². The quantitative estimate of drug-likeness (QED) is 0.879. The lowest BCUT2D eigenvalue weighted by Gasteiger charge is -2.05. The average molecular weight is 251 g/mol. The minimum absolute atomic E-state index is 0.0346. The van der Waals surface area contributed by atoms with Crippen molar-refractivity contribution in [3.63, 3.8) is 0 Å². The maximum absolute atomic E-state index is 11.8. The van der Waals surface area contributed by atoms with Crippen LogP contribution < -0.4 is 11.3 Å². The molecule has 1 aromatic carbocycles. The average Bonchev–Trinajstić information content (AvgIpc) is 2.29. The van der Waals surface area contributed by atoms with E-state index >= 15 is 0 Å². The van der Waals surface area contributed by atoms with Crippen molar-refractivity contribution in [1.29, 1.82) is 0 Å². The first-order chi connectivity index (χ1) is 8.11. The van der Waals surface area contributed by atoms with Gasteiger partial charge >= 0.3 is 0 Å². The van der Waals surface area contributed by atoms with Crippen molar-refractivity contribution in [3.8, 4) is 0 Å². The van der Waals surface area contributed by atoms with Gasteiger partial charge in [0.25, 0.3) is 5.56 Å². The maximum atomic E-state index is 11.8. The van der Waals surface area contributed by atoms with Gasteiger partial charge < -0.3 is 10.7 Å². The molecule has 3 nitrogen and oxygen atoms in total. The van der Waals surface area contributed by atoms with Gasteiger partial charge in [-0.1, -0.05) is 11.6 Å². The number of benzene rings is 1. The summed E-state index contributed by atoms with van der Waals surface area (Å²) in [6, 6.07) is 5.68. The largest absolute Gasteiger partial charge is 0.330 e. The zero-order chi connectivity index (χ0) is 12.4. The summed E-state index contributed by atoms with van der Waals surface area (Å²) in [5.74, 6) is 0. The fourth-order valence-electron chi connectivity index (χ4n) is 1.86. The lowest BCUT2D eigenvalue weighted by Crippen LogP contribution is -2.13. The molecule has 0 amide bonds. The molecule has 0 atom stereocenters. The number of fused-ring (bicyclic) bond motifs is 1. The van der Waals surface area contributed by atoms with Crippen LogP contribution in [0.4, 0.5) is 0 Å². The summed E-state index contributed by atoms with van der Waals surface area (Å²) < 4.78 is 0. The van der Waals surface area contributed by atoms with E-state index in [1.54, 1.807) is 0 Å². The molecule has 0 spiro atoms. The second kappa shape index (κ2) is 4.90. The van der Waals surface area contributed by atoms with Crippen molar-refractivity contribution < 1.29 is 0 Å². The van der Waals surface area contributed by atoms with Gasteiger partial charge in [0, 0.05) is 16.1 Å². The van der Waals surface area contributed by atoms with Crippen LogP contribution in [0.1, 0.15) is 17.5 Å². The van der Waals surface area contributed by atoms with E-state index in [-0.39, 0.29) is 5.56 Å². The summed E-state index contributed by atoms with van der Waals surface area (Å²) in [6.45, 7) is 2.51. The predicted molar refractivity (Wildman–Crippen MR) is 71.7 cm³/mol. The summed E-state index contributed by atoms with van der Waals surface area (Å²) in [5.41, 5.74) is 7.97. The molecule has 2 aromatic rings. The second-order valence-corrected chi connectivity index (χ2v) is 4.61. The Morgan fingerprint density at radius 1 is 1.35 bits per heavy atom. The van der Waals surface area contributed by atoms with E-state index in [0.717, 1.165) is 28.5 Å². The van der Waals surface area contributed by atoms with Gasteiger partial charge in [0.05, 0.1) is 0 Å². The lowest BCUT2D eigenvalue weighted by molar-refractivity contribution is 0.824. The molecule has 0 aliphatic rings. The van der Waals surface area contributed by atoms with Crippen LogP contribution in [0.15, 0.2) is 23.0 Å². The van der Waals surface area contributed by atoms with Gasteiger partial charge in [-0.15, -0.1) is 0 Å². The Balaban J connectivity index is 2.55. The molecule has 0 bridgehead atoms. The van der Waals surface area contributed by atoms with Crippen LogP contribution >= 0.6 is 11.6 Å². The van der Waals surface area contributed by atoms with Gasteiger partial charge in [0.15, 0.2) is 0 Å². The fraction of sp³-hybridized carbons (Fsp3) is 0.308. The van der Waals surface area contributed by atoms with Crippen LogP contribution in [0.2, 0.25) is 5.02 Å².